The lowest BCUT2D eigenvalue weighted by Gasteiger charge is -2.36. The van der Waals surface area contributed by atoms with Gasteiger partial charge in [-0.3, -0.25) is 9.53 Å². The second-order valence-electron chi connectivity index (χ2n) is 7.20. The Balaban J connectivity index is 5.96. The van der Waals surface area contributed by atoms with E-state index in [0.29, 0.717) is 38.5 Å². The van der Waals surface area contributed by atoms with Crippen molar-refractivity contribution in [1.82, 2.24) is 4.90 Å². The predicted molar refractivity (Wildman–Crippen MR) is 91.8 cm³/mol. The number of unbranched alkanes of at least 4 members (excludes halogenated alkanes) is 6. The van der Waals surface area contributed by atoms with Gasteiger partial charge in [0.2, 0.25) is 0 Å². The van der Waals surface area contributed by atoms with Gasteiger partial charge in [-0.2, -0.15) is 48.3 Å². The van der Waals surface area contributed by atoms with Gasteiger partial charge in [0.05, 0.1) is 0 Å². The van der Waals surface area contributed by atoms with Crippen molar-refractivity contribution >= 4 is 5.91 Å². The summed E-state index contributed by atoms with van der Waals surface area (Å²) in [5.74, 6) is -16.1. The van der Waals surface area contributed by atoms with E-state index in [1.807, 2.05) is 0 Å². The molecule has 0 aromatic carbocycles. The van der Waals surface area contributed by atoms with Crippen LogP contribution in [0.25, 0.3) is 0 Å². The number of hydrogen-bond donors (Lipinski definition) is 0. The normalized spacial score (nSPS) is 15.5. The average Bonchev–Trinajstić information content (AvgIpc) is 2.63. The summed E-state index contributed by atoms with van der Waals surface area (Å²) in [5, 5.41) is 0. The van der Waals surface area contributed by atoms with Crippen LogP contribution >= 0.6 is 0 Å². The Kier molecular flexibility index (Phi) is 11.2. The first-order valence-electron chi connectivity index (χ1n) is 9.96. The summed E-state index contributed by atoms with van der Waals surface area (Å²) in [6.45, 7) is 2.44. The standard InChI is InChI=1S/C18H26F11NO2/c1-3-5-7-9-11-30(12-10-8-6-4-2)13(31)14(19,16(22,23)24)32-18(28,29)15(20,21)17(25,26)27/h3-12H2,1-2H3. The molecule has 0 heterocycles. The number of hydrogen-bond acceptors (Lipinski definition) is 2. The minimum Gasteiger partial charge on any atom is -0.337 e. The molecule has 0 aliphatic carbocycles. The summed E-state index contributed by atoms with van der Waals surface area (Å²) in [5.41, 5.74) is 0. The molecule has 0 saturated heterocycles. The lowest BCUT2D eigenvalue weighted by molar-refractivity contribution is -0.473. The number of nitrogens with zero attached hydrogens (tertiary/aromatic N) is 1. The maximum Gasteiger partial charge on any atom is 0.462 e. The smallest absolute Gasteiger partial charge is 0.337 e. The van der Waals surface area contributed by atoms with Crippen LogP contribution in [0.5, 0.6) is 0 Å². The van der Waals surface area contributed by atoms with E-state index < -0.39 is 49.2 Å². The van der Waals surface area contributed by atoms with Crippen LogP contribution in [0.4, 0.5) is 48.3 Å². The molecule has 0 fully saturated rings. The number of ether oxygens (including phenoxy) is 1. The van der Waals surface area contributed by atoms with E-state index in [1.165, 1.54) is 0 Å². The molecule has 0 bridgehead atoms. The number of amides is 1. The number of carbonyl (C=O) groups is 1. The van der Waals surface area contributed by atoms with Crippen LogP contribution in [0.1, 0.15) is 65.2 Å². The monoisotopic (exact) mass is 497 g/mol. The SMILES string of the molecule is CCCCCCN(CCCCCC)C(=O)C(F)(OC(F)(F)C(F)(F)C(F)(F)F)C(F)(F)F. The van der Waals surface area contributed by atoms with E-state index in [2.05, 4.69) is 4.74 Å². The summed E-state index contributed by atoms with van der Waals surface area (Å²) in [4.78, 5) is 12.4. The van der Waals surface area contributed by atoms with Crippen molar-refractivity contribution in [3.63, 3.8) is 0 Å². The summed E-state index contributed by atoms with van der Waals surface area (Å²) >= 11 is 0. The van der Waals surface area contributed by atoms with Crippen molar-refractivity contribution in [3.05, 3.63) is 0 Å². The van der Waals surface area contributed by atoms with Crippen molar-refractivity contribution in [1.29, 1.82) is 0 Å². The van der Waals surface area contributed by atoms with Crippen LogP contribution in [0.15, 0.2) is 0 Å². The highest BCUT2D eigenvalue weighted by molar-refractivity contribution is 5.84. The Morgan fingerprint density at radius 2 is 1.06 bits per heavy atom. The zero-order valence-electron chi connectivity index (χ0n) is 17.5. The first-order chi connectivity index (χ1) is 14.4. The Bertz CT molecular complexity index is 566. The summed E-state index contributed by atoms with van der Waals surface area (Å²) in [6.07, 6.45) is -17.5. The van der Waals surface area contributed by atoms with Crippen LogP contribution in [-0.2, 0) is 9.53 Å². The minimum absolute atomic E-state index is 0.0242. The second-order valence-corrected chi connectivity index (χ2v) is 7.20. The van der Waals surface area contributed by atoms with Gasteiger partial charge in [0.1, 0.15) is 0 Å². The molecule has 192 valence electrons. The van der Waals surface area contributed by atoms with Crippen molar-refractivity contribution < 1.29 is 57.8 Å². The second kappa shape index (κ2) is 11.7. The zero-order valence-corrected chi connectivity index (χ0v) is 17.5. The fraction of sp³-hybridized carbons (Fsp3) is 0.944. The third-order valence-electron chi connectivity index (χ3n) is 4.48. The third kappa shape index (κ3) is 7.62. The fourth-order valence-electron chi connectivity index (χ4n) is 2.61. The molecule has 3 nitrogen and oxygen atoms in total. The quantitative estimate of drug-likeness (QED) is 0.191. The predicted octanol–water partition coefficient (Wildman–Crippen LogP) is 7.01. The first-order valence-corrected chi connectivity index (χ1v) is 9.96. The van der Waals surface area contributed by atoms with Crippen molar-refractivity contribution in [2.45, 2.75) is 95.5 Å². The van der Waals surface area contributed by atoms with E-state index in [0.717, 1.165) is 0 Å². The van der Waals surface area contributed by atoms with E-state index in [4.69, 9.17) is 0 Å². The van der Waals surface area contributed by atoms with Crippen molar-refractivity contribution in [2.75, 3.05) is 13.1 Å². The molecule has 0 saturated carbocycles. The maximum atomic E-state index is 14.6. The highest BCUT2D eigenvalue weighted by atomic mass is 19.4. The van der Waals surface area contributed by atoms with Gasteiger partial charge in [0.25, 0.3) is 5.91 Å². The molecule has 0 spiro atoms. The van der Waals surface area contributed by atoms with Crippen molar-refractivity contribution in [3.8, 4) is 0 Å². The molecule has 0 aromatic rings. The molecule has 0 radical (unpaired) electrons. The topological polar surface area (TPSA) is 29.5 Å². The van der Waals surface area contributed by atoms with Crippen LogP contribution < -0.4 is 0 Å². The highest BCUT2D eigenvalue weighted by Gasteiger charge is 2.79. The first kappa shape index (κ1) is 30.7. The van der Waals surface area contributed by atoms with Gasteiger partial charge in [-0.1, -0.05) is 52.4 Å². The number of rotatable bonds is 14. The molecule has 0 aromatic heterocycles. The molecule has 1 amide bonds. The van der Waals surface area contributed by atoms with E-state index in [1.54, 1.807) is 13.8 Å². The maximum absolute atomic E-state index is 14.6. The molecule has 32 heavy (non-hydrogen) atoms. The van der Waals surface area contributed by atoms with E-state index in [-0.39, 0.29) is 17.7 Å². The fourth-order valence-corrected chi connectivity index (χ4v) is 2.61. The van der Waals surface area contributed by atoms with Gasteiger partial charge in [0.15, 0.2) is 0 Å². The van der Waals surface area contributed by atoms with E-state index in [9.17, 15) is 53.1 Å². The van der Waals surface area contributed by atoms with Gasteiger partial charge in [-0.15, -0.1) is 0 Å². The summed E-state index contributed by atoms with van der Waals surface area (Å²) < 4.78 is 146. The van der Waals surface area contributed by atoms with Gasteiger partial charge >= 0.3 is 30.2 Å². The molecule has 0 N–H and O–H groups in total. The molecule has 0 rings (SSSR count). The van der Waals surface area contributed by atoms with Gasteiger partial charge in [-0.25, -0.2) is 0 Å². The van der Waals surface area contributed by atoms with Crippen molar-refractivity contribution in [2.24, 2.45) is 0 Å². The van der Waals surface area contributed by atoms with Crippen LogP contribution in [-0.4, -0.2) is 54.1 Å². The van der Waals surface area contributed by atoms with Gasteiger partial charge in [0, 0.05) is 13.1 Å². The Morgan fingerprint density at radius 3 is 1.38 bits per heavy atom. The zero-order chi connectivity index (χ0) is 25.4. The molecule has 0 aliphatic rings. The van der Waals surface area contributed by atoms with Crippen LogP contribution in [0.3, 0.4) is 0 Å². The van der Waals surface area contributed by atoms with Crippen LogP contribution in [0.2, 0.25) is 0 Å². The lowest BCUT2D eigenvalue weighted by Crippen LogP contribution is -2.64. The van der Waals surface area contributed by atoms with Gasteiger partial charge < -0.3 is 4.90 Å². The van der Waals surface area contributed by atoms with Gasteiger partial charge in [-0.05, 0) is 12.8 Å². The number of alkyl halides is 11. The van der Waals surface area contributed by atoms with Crippen LogP contribution in [0, 0.1) is 0 Å². The summed E-state index contributed by atoms with van der Waals surface area (Å²) in [6, 6.07) is 0. The molecule has 1 unspecified atom stereocenters. The Morgan fingerprint density at radius 1 is 0.656 bits per heavy atom. The Labute approximate surface area is 178 Å². The third-order valence-corrected chi connectivity index (χ3v) is 4.48. The lowest BCUT2D eigenvalue weighted by atomic mass is 10.1. The number of carbonyl (C=O) groups excluding carboxylic acids is 1. The minimum atomic E-state index is -7.20. The largest absolute Gasteiger partial charge is 0.462 e. The van der Waals surface area contributed by atoms with E-state index >= 15 is 0 Å². The molecular formula is C18H26F11NO2. The highest BCUT2D eigenvalue weighted by Crippen LogP contribution is 2.51. The molecule has 0 aliphatic heterocycles. The molecular weight excluding hydrogens is 471 g/mol. The molecule has 1 atom stereocenters. The number of halogens is 11. The summed E-state index contributed by atoms with van der Waals surface area (Å²) in [7, 11) is 0. The average molecular weight is 497 g/mol. The Hall–Kier alpha value is -1.34. The molecule has 14 heteroatoms.